The zero-order chi connectivity index (χ0) is 16.2. The van der Waals surface area contributed by atoms with E-state index in [2.05, 4.69) is 10.1 Å². The number of halogens is 1. The number of hydrogen-bond donors (Lipinski definition) is 0. The largest absolute Gasteiger partial charge is 0.455 e. The van der Waals surface area contributed by atoms with Gasteiger partial charge in [0.25, 0.3) is 0 Å². The average Bonchev–Trinajstić information content (AvgIpc) is 2.96. The van der Waals surface area contributed by atoms with Crippen LogP contribution in [-0.2, 0) is 11.3 Å². The Balaban J connectivity index is 1.76. The molecule has 116 valence electrons. The van der Waals surface area contributed by atoms with Gasteiger partial charge in [-0.1, -0.05) is 17.7 Å². The van der Waals surface area contributed by atoms with Gasteiger partial charge >= 0.3 is 5.97 Å². The Hall–Kier alpha value is -2.66. The summed E-state index contributed by atoms with van der Waals surface area (Å²) in [6.45, 7) is 1.95. The lowest BCUT2D eigenvalue weighted by Gasteiger charge is -2.06. The van der Waals surface area contributed by atoms with Crippen molar-refractivity contribution in [2.24, 2.45) is 0 Å². The molecule has 0 spiro atoms. The van der Waals surface area contributed by atoms with Crippen LogP contribution in [0.1, 0.15) is 21.7 Å². The third-order valence-electron chi connectivity index (χ3n) is 3.38. The smallest absolute Gasteiger partial charge is 0.342 e. The van der Waals surface area contributed by atoms with Crippen LogP contribution >= 0.6 is 11.6 Å². The second-order valence-corrected chi connectivity index (χ2v) is 5.37. The van der Waals surface area contributed by atoms with E-state index in [0.717, 1.165) is 5.69 Å². The zero-order valence-corrected chi connectivity index (χ0v) is 13.2. The van der Waals surface area contributed by atoms with Crippen LogP contribution in [0.3, 0.4) is 0 Å². The van der Waals surface area contributed by atoms with Crippen LogP contribution in [-0.4, -0.2) is 20.7 Å². The van der Waals surface area contributed by atoms with Crippen molar-refractivity contribution in [1.82, 2.24) is 14.8 Å². The Bertz CT molecular complexity index is 814. The van der Waals surface area contributed by atoms with Gasteiger partial charge in [-0.3, -0.25) is 4.98 Å². The maximum Gasteiger partial charge on any atom is 0.342 e. The highest BCUT2D eigenvalue weighted by atomic mass is 35.5. The van der Waals surface area contributed by atoms with Gasteiger partial charge in [0, 0.05) is 11.2 Å². The Labute approximate surface area is 138 Å². The minimum atomic E-state index is -0.423. The fraction of sp³-hybridized carbons (Fsp3) is 0.118. The van der Waals surface area contributed by atoms with Crippen molar-refractivity contribution in [3.63, 3.8) is 0 Å². The van der Waals surface area contributed by atoms with E-state index >= 15 is 0 Å². The summed E-state index contributed by atoms with van der Waals surface area (Å²) in [6.07, 6.45) is 3.16. The molecule has 2 heterocycles. The highest BCUT2D eigenvalue weighted by Gasteiger charge is 2.16. The van der Waals surface area contributed by atoms with Gasteiger partial charge in [0.05, 0.1) is 23.3 Å². The Morgan fingerprint density at radius 3 is 2.70 bits per heavy atom. The number of carbonyl (C=O) groups excluding carboxylic acids is 1. The van der Waals surface area contributed by atoms with E-state index in [4.69, 9.17) is 16.3 Å². The summed E-state index contributed by atoms with van der Waals surface area (Å²) in [5.74, 6) is -0.423. The third-order valence-corrected chi connectivity index (χ3v) is 3.63. The van der Waals surface area contributed by atoms with Crippen molar-refractivity contribution in [1.29, 1.82) is 0 Å². The molecule has 0 atom stereocenters. The van der Waals surface area contributed by atoms with Gasteiger partial charge in [-0.05, 0) is 43.3 Å². The number of hydrogen-bond acceptors (Lipinski definition) is 4. The van der Waals surface area contributed by atoms with E-state index in [1.165, 1.54) is 6.20 Å². The molecule has 0 aliphatic heterocycles. The predicted molar refractivity (Wildman–Crippen MR) is 86.7 cm³/mol. The number of benzene rings is 1. The van der Waals surface area contributed by atoms with Crippen LogP contribution in [0.15, 0.2) is 54.9 Å². The fourth-order valence-electron chi connectivity index (χ4n) is 2.15. The normalized spacial score (nSPS) is 10.5. The van der Waals surface area contributed by atoms with Crippen LogP contribution in [0.4, 0.5) is 0 Å². The van der Waals surface area contributed by atoms with Crippen molar-refractivity contribution in [2.75, 3.05) is 0 Å². The number of nitrogens with zero attached hydrogens (tertiary/aromatic N) is 3. The van der Waals surface area contributed by atoms with Crippen LogP contribution in [0.25, 0.3) is 5.69 Å². The van der Waals surface area contributed by atoms with Gasteiger partial charge in [0.1, 0.15) is 12.2 Å². The highest BCUT2D eigenvalue weighted by molar-refractivity contribution is 6.30. The molecule has 0 amide bonds. The first kappa shape index (κ1) is 15.2. The number of pyridine rings is 1. The molecular formula is C17H14ClN3O2. The molecule has 0 bridgehead atoms. The van der Waals surface area contributed by atoms with E-state index in [9.17, 15) is 4.79 Å². The maximum absolute atomic E-state index is 12.2. The molecule has 0 saturated carbocycles. The standard InChI is InChI=1S/C17H14ClN3O2/c1-12-16(17(22)23-11-14-4-2-3-9-19-14)10-20-21(12)15-7-5-13(18)6-8-15/h2-10H,11H2,1H3. The van der Waals surface area contributed by atoms with Gasteiger partial charge in [-0.2, -0.15) is 5.10 Å². The van der Waals surface area contributed by atoms with Crippen LogP contribution in [0.2, 0.25) is 5.02 Å². The van der Waals surface area contributed by atoms with E-state index in [0.29, 0.717) is 22.0 Å². The summed E-state index contributed by atoms with van der Waals surface area (Å²) >= 11 is 5.88. The lowest BCUT2D eigenvalue weighted by Crippen LogP contribution is -2.08. The lowest BCUT2D eigenvalue weighted by atomic mass is 10.2. The molecule has 6 heteroatoms. The fourth-order valence-corrected chi connectivity index (χ4v) is 2.28. The first-order valence-corrected chi connectivity index (χ1v) is 7.40. The number of carbonyl (C=O) groups is 1. The monoisotopic (exact) mass is 327 g/mol. The highest BCUT2D eigenvalue weighted by Crippen LogP contribution is 2.17. The number of ether oxygens (including phenoxy) is 1. The summed E-state index contributed by atoms with van der Waals surface area (Å²) in [5, 5.41) is 4.90. The van der Waals surface area contributed by atoms with Crippen molar-refractivity contribution >= 4 is 17.6 Å². The van der Waals surface area contributed by atoms with Crippen LogP contribution in [0, 0.1) is 6.92 Å². The molecule has 23 heavy (non-hydrogen) atoms. The number of esters is 1. The quantitative estimate of drug-likeness (QED) is 0.687. The Morgan fingerprint density at radius 1 is 1.22 bits per heavy atom. The molecule has 0 aliphatic rings. The Morgan fingerprint density at radius 2 is 2.00 bits per heavy atom. The summed E-state index contributed by atoms with van der Waals surface area (Å²) < 4.78 is 6.96. The molecule has 0 N–H and O–H groups in total. The topological polar surface area (TPSA) is 57.0 Å². The van der Waals surface area contributed by atoms with Crippen molar-refractivity contribution in [3.05, 3.63) is 76.8 Å². The van der Waals surface area contributed by atoms with Crippen LogP contribution < -0.4 is 0 Å². The number of rotatable bonds is 4. The molecule has 1 aromatic carbocycles. The molecular weight excluding hydrogens is 314 g/mol. The summed E-state index contributed by atoms with van der Waals surface area (Å²) in [6, 6.07) is 12.7. The predicted octanol–water partition coefficient (Wildman–Crippen LogP) is 3.59. The summed E-state index contributed by atoms with van der Waals surface area (Å²) in [7, 11) is 0. The first-order valence-electron chi connectivity index (χ1n) is 7.03. The first-order chi connectivity index (χ1) is 11.1. The summed E-state index contributed by atoms with van der Waals surface area (Å²) in [5.41, 5.74) is 2.66. The molecule has 0 saturated heterocycles. The minimum Gasteiger partial charge on any atom is -0.455 e. The lowest BCUT2D eigenvalue weighted by molar-refractivity contribution is 0.0467. The zero-order valence-electron chi connectivity index (χ0n) is 12.4. The second kappa shape index (κ2) is 6.62. The van der Waals surface area contributed by atoms with Gasteiger partial charge in [0.2, 0.25) is 0 Å². The van der Waals surface area contributed by atoms with E-state index < -0.39 is 5.97 Å². The molecule has 0 radical (unpaired) electrons. The molecule has 5 nitrogen and oxygen atoms in total. The summed E-state index contributed by atoms with van der Waals surface area (Å²) in [4.78, 5) is 16.3. The molecule has 3 rings (SSSR count). The van der Waals surface area contributed by atoms with Crippen molar-refractivity contribution < 1.29 is 9.53 Å². The van der Waals surface area contributed by atoms with E-state index in [-0.39, 0.29) is 6.61 Å². The maximum atomic E-state index is 12.2. The number of aromatic nitrogens is 3. The average molecular weight is 328 g/mol. The van der Waals surface area contributed by atoms with Gasteiger partial charge in [0.15, 0.2) is 0 Å². The SMILES string of the molecule is Cc1c(C(=O)OCc2ccccn2)cnn1-c1ccc(Cl)cc1. The van der Waals surface area contributed by atoms with Crippen molar-refractivity contribution in [3.8, 4) is 5.69 Å². The minimum absolute atomic E-state index is 0.130. The van der Waals surface area contributed by atoms with E-state index in [1.807, 2.05) is 31.2 Å². The van der Waals surface area contributed by atoms with Gasteiger partial charge in [-0.15, -0.1) is 0 Å². The van der Waals surface area contributed by atoms with E-state index in [1.54, 1.807) is 29.1 Å². The molecule has 0 unspecified atom stereocenters. The van der Waals surface area contributed by atoms with Gasteiger partial charge < -0.3 is 4.74 Å². The molecule has 0 aliphatic carbocycles. The molecule has 3 aromatic rings. The molecule has 0 fully saturated rings. The molecule has 2 aromatic heterocycles. The Kier molecular flexibility index (Phi) is 4.39. The second-order valence-electron chi connectivity index (χ2n) is 4.93. The van der Waals surface area contributed by atoms with Gasteiger partial charge in [-0.25, -0.2) is 9.48 Å². The van der Waals surface area contributed by atoms with Crippen molar-refractivity contribution in [2.45, 2.75) is 13.5 Å². The third kappa shape index (κ3) is 3.40. The van der Waals surface area contributed by atoms with Crippen LogP contribution in [0.5, 0.6) is 0 Å².